The number of rotatable bonds is 5. The van der Waals surface area contributed by atoms with Crippen molar-refractivity contribution in [3.63, 3.8) is 0 Å². The molecular formula is C13H15BrN2O2. The zero-order valence-corrected chi connectivity index (χ0v) is 12.0. The summed E-state index contributed by atoms with van der Waals surface area (Å²) in [5.41, 5.74) is 0. The summed E-state index contributed by atoms with van der Waals surface area (Å²) in [4.78, 5) is 4.36. The van der Waals surface area contributed by atoms with Crippen molar-refractivity contribution in [3.8, 4) is 11.5 Å². The summed E-state index contributed by atoms with van der Waals surface area (Å²) < 4.78 is 13.7. The molecule has 0 saturated carbocycles. The standard InChI is InChI=1S/C13H15BrN2O2/c1-3-16-8-12(14)15-13(16)9-18-11-6-4-10(17-2)5-7-11/h4-8H,3,9H2,1-2H3. The lowest BCUT2D eigenvalue weighted by Crippen LogP contribution is -2.05. The Labute approximate surface area is 115 Å². The number of imidazole rings is 1. The number of aromatic nitrogens is 2. The molecule has 2 rings (SSSR count). The minimum atomic E-state index is 0.450. The van der Waals surface area contributed by atoms with Crippen LogP contribution in [-0.4, -0.2) is 16.7 Å². The summed E-state index contributed by atoms with van der Waals surface area (Å²) >= 11 is 3.36. The molecule has 1 aromatic heterocycles. The molecule has 4 nitrogen and oxygen atoms in total. The molecule has 0 aliphatic rings. The Kier molecular flexibility index (Phi) is 4.25. The lowest BCUT2D eigenvalue weighted by atomic mass is 10.3. The van der Waals surface area contributed by atoms with E-state index in [-0.39, 0.29) is 0 Å². The smallest absolute Gasteiger partial charge is 0.148 e. The molecule has 5 heteroatoms. The Morgan fingerprint density at radius 3 is 2.50 bits per heavy atom. The van der Waals surface area contributed by atoms with Crippen LogP contribution in [0, 0.1) is 0 Å². The molecule has 0 bridgehead atoms. The number of nitrogens with zero attached hydrogens (tertiary/aromatic N) is 2. The first-order valence-electron chi connectivity index (χ1n) is 5.71. The van der Waals surface area contributed by atoms with E-state index in [0.717, 1.165) is 28.5 Å². The van der Waals surface area contributed by atoms with E-state index in [1.807, 2.05) is 35.0 Å². The molecule has 0 aliphatic heterocycles. The van der Waals surface area contributed by atoms with Gasteiger partial charge < -0.3 is 14.0 Å². The van der Waals surface area contributed by atoms with Crippen molar-refractivity contribution in [2.45, 2.75) is 20.1 Å². The van der Waals surface area contributed by atoms with Gasteiger partial charge in [-0.05, 0) is 47.1 Å². The average Bonchev–Trinajstić information content (AvgIpc) is 2.77. The third-order valence-corrected chi connectivity index (χ3v) is 2.98. The Balaban J connectivity index is 2.01. The van der Waals surface area contributed by atoms with Crippen LogP contribution in [0.4, 0.5) is 0 Å². The SMILES string of the molecule is CCn1cc(Br)nc1COc1ccc(OC)cc1. The minimum absolute atomic E-state index is 0.450. The predicted octanol–water partition coefficient (Wildman–Crippen LogP) is 3.25. The van der Waals surface area contributed by atoms with Gasteiger partial charge in [0.05, 0.1) is 7.11 Å². The maximum Gasteiger partial charge on any atom is 0.148 e. The van der Waals surface area contributed by atoms with Crippen molar-refractivity contribution in [1.82, 2.24) is 9.55 Å². The summed E-state index contributed by atoms with van der Waals surface area (Å²) in [6.07, 6.45) is 1.95. The van der Waals surface area contributed by atoms with Gasteiger partial charge in [0.1, 0.15) is 28.5 Å². The Morgan fingerprint density at radius 2 is 1.89 bits per heavy atom. The van der Waals surface area contributed by atoms with Gasteiger partial charge in [0.2, 0.25) is 0 Å². The fourth-order valence-corrected chi connectivity index (χ4v) is 2.08. The molecule has 18 heavy (non-hydrogen) atoms. The van der Waals surface area contributed by atoms with Crippen LogP contribution in [0.5, 0.6) is 11.5 Å². The number of hydrogen-bond acceptors (Lipinski definition) is 3. The quantitative estimate of drug-likeness (QED) is 0.850. The van der Waals surface area contributed by atoms with E-state index in [2.05, 4.69) is 27.8 Å². The lowest BCUT2D eigenvalue weighted by Gasteiger charge is -2.08. The van der Waals surface area contributed by atoms with Gasteiger partial charge in [0.15, 0.2) is 0 Å². The largest absolute Gasteiger partial charge is 0.497 e. The molecule has 0 spiro atoms. The van der Waals surface area contributed by atoms with Crippen molar-refractivity contribution < 1.29 is 9.47 Å². The second-order valence-corrected chi connectivity index (χ2v) is 4.54. The predicted molar refractivity (Wildman–Crippen MR) is 72.9 cm³/mol. The van der Waals surface area contributed by atoms with Gasteiger partial charge in [-0.15, -0.1) is 0 Å². The maximum atomic E-state index is 5.69. The number of aryl methyl sites for hydroxylation is 1. The first kappa shape index (κ1) is 13.0. The van der Waals surface area contributed by atoms with E-state index in [9.17, 15) is 0 Å². The molecule has 0 atom stereocenters. The summed E-state index contributed by atoms with van der Waals surface area (Å²) in [5, 5.41) is 0. The van der Waals surface area contributed by atoms with Gasteiger partial charge in [-0.1, -0.05) is 0 Å². The van der Waals surface area contributed by atoms with Crippen LogP contribution >= 0.6 is 15.9 Å². The zero-order chi connectivity index (χ0) is 13.0. The van der Waals surface area contributed by atoms with Crippen LogP contribution < -0.4 is 9.47 Å². The first-order valence-corrected chi connectivity index (χ1v) is 6.50. The Morgan fingerprint density at radius 1 is 1.22 bits per heavy atom. The van der Waals surface area contributed by atoms with Crippen molar-refractivity contribution in [1.29, 1.82) is 0 Å². The molecule has 0 aliphatic carbocycles. The summed E-state index contributed by atoms with van der Waals surface area (Å²) in [6.45, 7) is 3.40. The fraction of sp³-hybridized carbons (Fsp3) is 0.308. The first-order chi connectivity index (χ1) is 8.72. The molecular weight excluding hydrogens is 296 g/mol. The van der Waals surface area contributed by atoms with Crippen molar-refractivity contribution in [2.24, 2.45) is 0 Å². The molecule has 0 amide bonds. The highest BCUT2D eigenvalue weighted by Crippen LogP contribution is 2.18. The van der Waals surface area contributed by atoms with Crippen LogP contribution in [0.1, 0.15) is 12.7 Å². The fourth-order valence-electron chi connectivity index (χ4n) is 1.63. The molecule has 96 valence electrons. The third-order valence-electron chi connectivity index (χ3n) is 2.60. The molecule has 0 N–H and O–H groups in total. The summed E-state index contributed by atoms with van der Waals surface area (Å²) in [6, 6.07) is 7.51. The second-order valence-electron chi connectivity index (χ2n) is 3.73. The summed E-state index contributed by atoms with van der Waals surface area (Å²) in [5.74, 6) is 2.53. The molecule has 0 radical (unpaired) electrons. The van der Waals surface area contributed by atoms with E-state index < -0.39 is 0 Å². The molecule has 2 aromatic rings. The van der Waals surface area contributed by atoms with Gasteiger partial charge >= 0.3 is 0 Å². The van der Waals surface area contributed by atoms with Gasteiger partial charge in [0, 0.05) is 12.7 Å². The van der Waals surface area contributed by atoms with Crippen molar-refractivity contribution in [2.75, 3.05) is 7.11 Å². The number of ether oxygens (including phenoxy) is 2. The zero-order valence-electron chi connectivity index (χ0n) is 10.4. The van der Waals surface area contributed by atoms with Crippen LogP contribution in [-0.2, 0) is 13.2 Å². The molecule has 0 saturated heterocycles. The third kappa shape index (κ3) is 3.04. The maximum absolute atomic E-state index is 5.69. The highest BCUT2D eigenvalue weighted by molar-refractivity contribution is 9.10. The van der Waals surface area contributed by atoms with E-state index in [1.165, 1.54) is 0 Å². The second kappa shape index (κ2) is 5.91. The molecule has 0 unspecified atom stereocenters. The Bertz CT molecular complexity index is 508. The van der Waals surface area contributed by atoms with Gasteiger partial charge in [0.25, 0.3) is 0 Å². The topological polar surface area (TPSA) is 36.3 Å². The molecule has 1 heterocycles. The monoisotopic (exact) mass is 310 g/mol. The normalized spacial score (nSPS) is 10.4. The van der Waals surface area contributed by atoms with Crippen molar-refractivity contribution >= 4 is 15.9 Å². The van der Waals surface area contributed by atoms with Crippen LogP contribution in [0.25, 0.3) is 0 Å². The van der Waals surface area contributed by atoms with Gasteiger partial charge in [-0.2, -0.15) is 0 Å². The van der Waals surface area contributed by atoms with Gasteiger partial charge in [-0.25, -0.2) is 4.98 Å². The summed E-state index contributed by atoms with van der Waals surface area (Å²) in [7, 11) is 1.64. The van der Waals surface area contributed by atoms with Crippen molar-refractivity contribution in [3.05, 3.63) is 40.9 Å². The van der Waals surface area contributed by atoms with E-state index in [0.29, 0.717) is 6.61 Å². The van der Waals surface area contributed by atoms with E-state index in [1.54, 1.807) is 7.11 Å². The highest BCUT2D eigenvalue weighted by atomic mass is 79.9. The Hall–Kier alpha value is -1.49. The molecule has 1 aromatic carbocycles. The number of benzene rings is 1. The number of halogens is 1. The van der Waals surface area contributed by atoms with Crippen LogP contribution in [0.2, 0.25) is 0 Å². The average molecular weight is 311 g/mol. The lowest BCUT2D eigenvalue weighted by molar-refractivity contribution is 0.289. The van der Waals surface area contributed by atoms with Gasteiger partial charge in [-0.3, -0.25) is 0 Å². The minimum Gasteiger partial charge on any atom is -0.497 e. The van der Waals surface area contributed by atoms with E-state index in [4.69, 9.17) is 9.47 Å². The van der Waals surface area contributed by atoms with Crippen LogP contribution in [0.15, 0.2) is 35.1 Å². The highest BCUT2D eigenvalue weighted by Gasteiger charge is 2.05. The number of hydrogen-bond donors (Lipinski definition) is 0. The number of methoxy groups -OCH3 is 1. The van der Waals surface area contributed by atoms with Crippen LogP contribution in [0.3, 0.4) is 0 Å². The molecule has 0 fully saturated rings. The van der Waals surface area contributed by atoms with E-state index >= 15 is 0 Å².